The molecule has 0 atom stereocenters. The van der Waals surface area contributed by atoms with Crippen molar-refractivity contribution in [2.24, 2.45) is 0 Å². The van der Waals surface area contributed by atoms with Crippen molar-refractivity contribution in [2.75, 3.05) is 6.54 Å². The topological polar surface area (TPSA) is 79.0 Å². The van der Waals surface area contributed by atoms with Gasteiger partial charge in [-0.3, -0.25) is 4.79 Å². The Morgan fingerprint density at radius 3 is 2.70 bits per heavy atom. The first kappa shape index (κ1) is 17.9. The lowest BCUT2D eigenvalue weighted by molar-refractivity contribution is 0.581. The second kappa shape index (κ2) is 6.94. The maximum Gasteiger partial charge on any atom is 0.251 e. The first-order valence-corrected chi connectivity index (χ1v) is 10.6. The molecule has 1 aromatic heterocycles. The van der Waals surface area contributed by atoms with Gasteiger partial charge in [-0.15, -0.1) is 0 Å². The Morgan fingerprint density at radius 1 is 1.04 bits per heavy atom. The van der Waals surface area contributed by atoms with Gasteiger partial charge in [-0.25, -0.2) is 13.1 Å². The first-order chi connectivity index (χ1) is 12.9. The summed E-state index contributed by atoms with van der Waals surface area (Å²) in [5.41, 5.74) is 4.63. The van der Waals surface area contributed by atoms with Crippen molar-refractivity contribution in [1.29, 1.82) is 0 Å². The molecule has 1 aliphatic rings. The maximum atomic E-state index is 12.6. The zero-order valence-corrected chi connectivity index (χ0v) is 16.0. The Morgan fingerprint density at radius 2 is 1.85 bits per heavy atom. The molecule has 0 fully saturated rings. The zero-order valence-electron chi connectivity index (χ0n) is 15.2. The molecule has 0 amide bonds. The van der Waals surface area contributed by atoms with Crippen LogP contribution in [0.4, 0.5) is 0 Å². The van der Waals surface area contributed by atoms with E-state index in [0.717, 1.165) is 41.3 Å². The van der Waals surface area contributed by atoms with Crippen molar-refractivity contribution in [3.63, 3.8) is 0 Å². The van der Waals surface area contributed by atoms with Gasteiger partial charge in [0.1, 0.15) is 0 Å². The van der Waals surface area contributed by atoms with Crippen LogP contribution in [-0.2, 0) is 29.3 Å². The summed E-state index contributed by atoms with van der Waals surface area (Å²) in [5, 5.41) is 0.941. The van der Waals surface area contributed by atoms with Gasteiger partial charge in [-0.05, 0) is 78.9 Å². The molecule has 0 unspecified atom stereocenters. The molecular weight excluding hydrogens is 360 g/mol. The number of aromatic nitrogens is 1. The van der Waals surface area contributed by atoms with Crippen LogP contribution in [0.3, 0.4) is 0 Å². The van der Waals surface area contributed by atoms with E-state index in [-0.39, 0.29) is 12.1 Å². The van der Waals surface area contributed by atoms with Gasteiger partial charge in [0, 0.05) is 17.6 Å². The summed E-state index contributed by atoms with van der Waals surface area (Å²) < 4.78 is 27.7. The van der Waals surface area contributed by atoms with Crippen molar-refractivity contribution < 1.29 is 8.42 Å². The van der Waals surface area contributed by atoms with E-state index in [4.69, 9.17) is 0 Å². The van der Waals surface area contributed by atoms with Gasteiger partial charge in [-0.1, -0.05) is 18.2 Å². The molecule has 5 nitrogen and oxygen atoms in total. The molecule has 0 aliphatic heterocycles. The molecule has 1 heterocycles. The third kappa shape index (κ3) is 3.68. The highest BCUT2D eigenvalue weighted by Crippen LogP contribution is 2.24. The average molecular weight is 382 g/mol. The predicted octanol–water partition coefficient (Wildman–Crippen LogP) is 2.85. The Kier molecular flexibility index (Phi) is 4.61. The fourth-order valence-corrected chi connectivity index (χ4v) is 4.75. The number of hydrogen-bond donors (Lipinski definition) is 2. The van der Waals surface area contributed by atoms with Crippen LogP contribution < -0.4 is 10.3 Å². The highest BCUT2D eigenvalue weighted by molar-refractivity contribution is 7.89. The Hall–Kier alpha value is -2.44. The molecule has 140 valence electrons. The maximum absolute atomic E-state index is 12.6. The van der Waals surface area contributed by atoms with Gasteiger partial charge >= 0.3 is 0 Å². The number of sulfonamides is 1. The van der Waals surface area contributed by atoms with Crippen LogP contribution >= 0.6 is 0 Å². The standard InChI is InChI=1S/C21H22N2O3S/c1-14-5-6-17-12-18(21(24)23-20(17)11-14)9-10-22-27(25,26)19-8-7-15-3-2-4-16(15)13-19/h5-8,11-13,22H,2-4,9-10H2,1H3,(H,23,24). The molecule has 0 spiro atoms. The minimum atomic E-state index is -3.58. The van der Waals surface area contributed by atoms with Crippen molar-refractivity contribution in [3.8, 4) is 0 Å². The molecule has 0 saturated heterocycles. The quantitative estimate of drug-likeness (QED) is 0.712. The smallest absolute Gasteiger partial charge is 0.251 e. The molecule has 2 N–H and O–H groups in total. The minimum Gasteiger partial charge on any atom is -0.322 e. The molecule has 0 radical (unpaired) electrons. The molecule has 4 rings (SSSR count). The van der Waals surface area contributed by atoms with E-state index in [1.54, 1.807) is 12.1 Å². The van der Waals surface area contributed by atoms with E-state index < -0.39 is 10.0 Å². The summed E-state index contributed by atoms with van der Waals surface area (Å²) in [6.07, 6.45) is 3.37. The van der Waals surface area contributed by atoms with E-state index >= 15 is 0 Å². The van der Waals surface area contributed by atoms with Gasteiger partial charge in [0.05, 0.1) is 4.90 Å². The Balaban J connectivity index is 1.49. The summed E-state index contributed by atoms with van der Waals surface area (Å²) in [6, 6.07) is 13.1. The number of aromatic amines is 1. The number of benzene rings is 2. The number of rotatable bonds is 5. The van der Waals surface area contributed by atoms with Crippen LogP contribution in [0.5, 0.6) is 0 Å². The van der Waals surface area contributed by atoms with Crippen molar-refractivity contribution in [2.45, 2.75) is 37.5 Å². The number of fused-ring (bicyclic) bond motifs is 2. The van der Waals surface area contributed by atoms with Gasteiger partial charge in [0.25, 0.3) is 5.56 Å². The van der Waals surface area contributed by atoms with E-state index in [9.17, 15) is 13.2 Å². The number of hydrogen-bond acceptors (Lipinski definition) is 3. The lowest BCUT2D eigenvalue weighted by Crippen LogP contribution is -2.27. The first-order valence-electron chi connectivity index (χ1n) is 9.16. The molecule has 0 bridgehead atoms. The van der Waals surface area contributed by atoms with Crippen LogP contribution in [0.1, 0.15) is 28.7 Å². The van der Waals surface area contributed by atoms with Crippen LogP contribution in [0.25, 0.3) is 10.9 Å². The average Bonchev–Trinajstić information content (AvgIpc) is 3.10. The molecule has 1 aliphatic carbocycles. The molecule has 0 saturated carbocycles. The van der Waals surface area contributed by atoms with E-state index in [0.29, 0.717) is 16.9 Å². The third-order valence-corrected chi connectivity index (χ3v) is 6.60. The second-order valence-corrected chi connectivity index (χ2v) is 8.91. The second-order valence-electron chi connectivity index (χ2n) is 7.15. The fraction of sp³-hybridized carbons (Fsp3) is 0.286. The van der Waals surface area contributed by atoms with Crippen LogP contribution in [-0.4, -0.2) is 19.9 Å². The van der Waals surface area contributed by atoms with E-state index in [2.05, 4.69) is 9.71 Å². The summed E-state index contributed by atoms with van der Waals surface area (Å²) in [5.74, 6) is 0. The van der Waals surface area contributed by atoms with Crippen LogP contribution in [0.2, 0.25) is 0 Å². The number of pyridine rings is 1. The van der Waals surface area contributed by atoms with Gasteiger partial charge in [0.2, 0.25) is 10.0 Å². The monoisotopic (exact) mass is 382 g/mol. The normalized spacial score (nSPS) is 13.8. The highest BCUT2D eigenvalue weighted by atomic mass is 32.2. The lowest BCUT2D eigenvalue weighted by Gasteiger charge is -2.09. The SMILES string of the molecule is Cc1ccc2cc(CCNS(=O)(=O)c3ccc4c(c3)CCC4)c(=O)[nH]c2c1. The molecule has 2 aromatic carbocycles. The van der Waals surface area contributed by atoms with Crippen molar-refractivity contribution >= 4 is 20.9 Å². The van der Waals surface area contributed by atoms with Crippen molar-refractivity contribution in [1.82, 2.24) is 9.71 Å². The summed E-state index contributed by atoms with van der Waals surface area (Å²) >= 11 is 0. The minimum absolute atomic E-state index is 0.176. The molecule has 3 aromatic rings. The number of aryl methyl sites for hydroxylation is 3. The van der Waals surface area contributed by atoms with Crippen LogP contribution in [0, 0.1) is 6.92 Å². The summed E-state index contributed by atoms with van der Waals surface area (Å²) in [6.45, 7) is 2.15. The Bertz CT molecular complexity index is 1180. The highest BCUT2D eigenvalue weighted by Gasteiger charge is 2.18. The predicted molar refractivity (Wildman–Crippen MR) is 107 cm³/mol. The fourth-order valence-electron chi connectivity index (χ4n) is 3.66. The molecule has 27 heavy (non-hydrogen) atoms. The summed E-state index contributed by atoms with van der Waals surface area (Å²) in [7, 11) is -3.58. The van der Waals surface area contributed by atoms with Gasteiger partial charge in [-0.2, -0.15) is 0 Å². The number of H-pyrrole nitrogens is 1. The summed E-state index contributed by atoms with van der Waals surface area (Å²) in [4.78, 5) is 15.4. The molecule has 6 heteroatoms. The van der Waals surface area contributed by atoms with Gasteiger partial charge in [0.15, 0.2) is 0 Å². The molecular formula is C21H22N2O3S. The van der Waals surface area contributed by atoms with E-state index in [1.165, 1.54) is 5.56 Å². The van der Waals surface area contributed by atoms with E-state index in [1.807, 2.05) is 37.3 Å². The third-order valence-electron chi connectivity index (χ3n) is 5.15. The lowest BCUT2D eigenvalue weighted by atomic mass is 10.1. The zero-order chi connectivity index (χ0) is 19.0. The Labute approximate surface area is 158 Å². The van der Waals surface area contributed by atoms with Crippen LogP contribution in [0.15, 0.2) is 52.2 Å². The number of nitrogens with one attached hydrogen (secondary N) is 2. The largest absolute Gasteiger partial charge is 0.322 e. The van der Waals surface area contributed by atoms with Crippen molar-refractivity contribution in [3.05, 3.63) is 75.1 Å². The van der Waals surface area contributed by atoms with Gasteiger partial charge < -0.3 is 4.98 Å².